The molecular weight excluding hydrogens is 457 g/mol. The molecule has 0 bridgehead atoms. The monoisotopic (exact) mass is 484 g/mol. The van der Waals surface area contributed by atoms with Gasteiger partial charge in [-0.2, -0.15) is 13.2 Å². The Morgan fingerprint density at radius 3 is 2.18 bits per heavy atom. The van der Waals surface area contributed by atoms with Crippen LogP contribution in [0.15, 0.2) is 59.5 Å². The van der Waals surface area contributed by atoms with Gasteiger partial charge in [0.15, 0.2) is 0 Å². The number of amides is 1. The highest BCUT2D eigenvalue weighted by atomic mass is 32.2. The van der Waals surface area contributed by atoms with Crippen LogP contribution in [0.5, 0.6) is 0 Å². The molecule has 1 aliphatic rings. The summed E-state index contributed by atoms with van der Waals surface area (Å²) in [5, 5.41) is 12.6. The number of halogens is 3. The van der Waals surface area contributed by atoms with Gasteiger partial charge in [0, 0.05) is 11.5 Å². The summed E-state index contributed by atoms with van der Waals surface area (Å²) in [5.74, 6) is -0.213. The number of carbonyl (C=O) groups is 1. The maximum absolute atomic E-state index is 12.9. The van der Waals surface area contributed by atoms with Crippen LogP contribution in [0.1, 0.15) is 49.8 Å². The molecule has 1 aliphatic carbocycles. The van der Waals surface area contributed by atoms with E-state index < -0.39 is 39.3 Å². The minimum absolute atomic E-state index is 0.213. The van der Waals surface area contributed by atoms with E-state index in [1.165, 1.54) is 0 Å². The number of rotatable bonds is 7. The molecule has 0 radical (unpaired) electrons. The maximum atomic E-state index is 12.9. The molecule has 1 atom stereocenters. The molecule has 10 heteroatoms. The fraction of sp³-hybridized carbons (Fsp3) is 0.435. The highest BCUT2D eigenvalue weighted by Gasteiger charge is 2.39. The predicted molar refractivity (Wildman–Crippen MR) is 117 cm³/mol. The van der Waals surface area contributed by atoms with Gasteiger partial charge in [-0.1, -0.05) is 37.3 Å². The van der Waals surface area contributed by atoms with Crippen LogP contribution in [-0.2, 0) is 21.0 Å². The molecule has 3 rings (SSSR count). The molecule has 1 amide bonds. The first kappa shape index (κ1) is 25.2. The molecule has 0 aliphatic heterocycles. The second kappa shape index (κ2) is 9.82. The minimum Gasteiger partial charge on any atom is -0.394 e. The largest absolute Gasteiger partial charge is 0.416 e. The maximum Gasteiger partial charge on any atom is 0.416 e. The number of aliphatic hydroxyl groups is 1. The number of benzene rings is 2. The SMILES string of the molecule is CC1(C(=O)N[C@H](CO)c2ccccc2)CCC(NS(=O)(=O)c2ccc(C(F)(F)F)cc2)CC1. The van der Waals surface area contributed by atoms with E-state index in [2.05, 4.69) is 10.0 Å². The first-order valence-corrected chi connectivity index (χ1v) is 12.1. The third-order valence-electron chi connectivity index (χ3n) is 6.14. The van der Waals surface area contributed by atoms with Crippen molar-refractivity contribution in [2.45, 2.75) is 55.8 Å². The predicted octanol–water partition coefficient (Wildman–Crippen LogP) is 3.78. The second-order valence-electron chi connectivity index (χ2n) is 8.60. The zero-order valence-corrected chi connectivity index (χ0v) is 18.9. The summed E-state index contributed by atoms with van der Waals surface area (Å²) in [7, 11) is -3.99. The van der Waals surface area contributed by atoms with Gasteiger partial charge in [-0.3, -0.25) is 4.79 Å². The molecule has 1 fully saturated rings. The Balaban J connectivity index is 1.59. The van der Waals surface area contributed by atoms with Crippen molar-refractivity contribution < 1.29 is 31.5 Å². The van der Waals surface area contributed by atoms with Crippen LogP contribution in [0.2, 0.25) is 0 Å². The lowest BCUT2D eigenvalue weighted by Gasteiger charge is -2.37. The average Bonchev–Trinajstić information content (AvgIpc) is 2.79. The van der Waals surface area contributed by atoms with Crippen LogP contribution in [0, 0.1) is 5.41 Å². The van der Waals surface area contributed by atoms with Crippen molar-refractivity contribution in [3.05, 3.63) is 65.7 Å². The number of hydrogen-bond acceptors (Lipinski definition) is 4. The highest BCUT2D eigenvalue weighted by molar-refractivity contribution is 7.89. The lowest BCUT2D eigenvalue weighted by molar-refractivity contribution is -0.137. The smallest absolute Gasteiger partial charge is 0.394 e. The van der Waals surface area contributed by atoms with Gasteiger partial charge in [0.2, 0.25) is 15.9 Å². The molecule has 2 aromatic rings. The minimum atomic E-state index is -4.54. The summed E-state index contributed by atoms with van der Waals surface area (Å²) in [4.78, 5) is 12.7. The normalized spacial score (nSPS) is 22.5. The Kier molecular flexibility index (Phi) is 7.50. The number of sulfonamides is 1. The van der Waals surface area contributed by atoms with Crippen LogP contribution in [0.3, 0.4) is 0 Å². The third kappa shape index (κ3) is 6.13. The Morgan fingerprint density at radius 2 is 1.67 bits per heavy atom. The van der Waals surface area contributed by atoms with Crippen molar-refractivity contribution in [3.8, 4) is 0 Å². The van der Waals surface area contributed by atoms with Gasteiger partial charge in [-0.15, -0.1) is 0 Å². The fourth-order valence-corrected chi connectivity index (χ4v) is 5.27. The van der Waals surface area contributed by atoms with Crippen molar-refractivity contribution in [2.24, 2.45) is 5.41 Å². The molecular formula is C23H27F3N2O4S. The number of carbonyl (C=O) groups excluding carboxylic acids is 1. The first-order chi connectivity index (χ1) is 15.4. The van der Waals surface area contributed by atoms with Crippen molar-refractivity contribution in [2.75, 3.05) is 6.61 Å². The summed E-state index contributed by atoms with van der Waals surface area (Å²) < 4.78 is 65.9. The van der Waals surface area contributed by atoms with Gasteiger partial charge in [-0.05, 0) is 55.5 Å². The van der Waals surface area contributed by atoms with Gasteiger partial charge in [0.1, 0.15) is 0 Å². The second-order valence-corrected chi connectivity index (χ2v) is 10.3. The van der Waals surface area contributed by atoms with E-state index >= 15 is 0 Å². The summed E-state index contributed by atoms with van der Waals surface area (Å²) in [5.41, 5.74) is -0.856. The van der Waals surface area contributed by atoms with Crippen LogP contribution in [-0.4, -0.2) is 32.1 Å². The van der Waals surface area contributed by atoms with E-state index in [4.69, 9.17) is 0 Å². The van der Waals surface area contributed by atoms with E-state index in [1.807, 2.05) is 37.3 Å². The van der Waals surface area contributed by atoms with Gasteiger partial charge in [0.05, 0.1) is 23.1 Å². The molecule has 0 aromatic heterocycles. The van der Waals surface area contributed by atoms with Gasteiger partial charge >= 0.3 is 6.18 Å². The molecule has 0 saturated heterocycles. The summed E-state index contributed by atoms with van der Waals surface area (Å²) >= 11 is 0. The summed E-state index contributed by atoms with van der Waals surface area (Å²) in [6.45, 7) is 1.56. The van der Waals surface area contributed by atoms with Crippen LogP contribution < -0.4 is 10.0 Å². The average molecular weight is 485 g/mol. The first-order valence-electron chi connectivity index (χ1n) is 10.6. The lowest BCUT2D eigenvalue weighted by Crippen LogP contribution is -2.47. The topological polar surface area (TPSA) is 95.5 Å². The number of nitrogens with one attached hydrogen (secondary N) is 2. The molecule has 0 heterocycles. The van der Waals surface area contributed by atoms with Crippen molar-refractivity contribution in [1.29, 1.82) is 0 Å². The Morgan fingerprint density at radius 1 is 1.09 bits per heavy atom. The van der Waals surface area contributed by atoms with Crippen molar-refractivity contribution in [3.63, 3.8) is 0 Å². The number of hydrogen-bond donors (Lipinski definition) is 3. The van der Waals surface area contributed by atoms with Gasteiger partial charge in [-0.25, -0.2) is 13.1 Å². The van der Waals surface area contributed by atoms with Crippen LogP contribution >= 0.6 is 0 Å². The van der Waals surface area contributed by atoms with Crippen LogP contribution in [0.25, 0.3) is 0 Å². The van der Waals surface area contributed by atoms with Crippen molar-refractivity contribution in [1.82, 2.24) is 10.0 Å². The zero-order valence-electron chi connectivity index (χ0n) is 18.1. The molecule has 1 saturated carbocycles. The van der Waals surface area contributed by atoms with E-state index in [9.17, 15) is 31.5 Å². The van der Waals surface area contributed by atoms with Gasteiger partial charge in [0.25, 0.3) is 0 Å². The van der Waals surface area contributed by atoms with E-state index in [1.54, 1.807) is 0 Å². The molecule has 0 unspecified atom stereocenters. The molecule has 2 aromatic carbocycles. The Bertz CT molecular complexity index is 1050. The lowest BCUT2D eigenvalue weighted by atomic mass is 9.73. The molecule has 0 spiro atoms. The Hall–Kier alpha value is -2.43. The molecule has 3 N–H and O–H groups in total. The van der Waals surface area contributed by atoms with Crippen LogP contribution in [0.4, 0.5) is 13.2 Å². The Labute approximate surface area is 191 Å². The van der Waals surface area contributed by atoms with E-state index in [0.29, 0.717) is 25.7 Å². The summed E-state index contributed by atoms with van der Waals surface area (Å²) in [6, 6.07) is 11.5. The molecule has 6 nitrogen and oxygen atoms in total. The quantitative estimate of drug-likeness (QED) is 0.557. The molecule has 33 heavy (non-hydrogen) atoms. The zero-order chi connectivity index (χ0) is 24.3. The summed E-state index contributed by atoms with van der Waals surface area (Å²) in [6.07, 6.45) is -2.89. The highest BCUT2D eigenvalue weighted by Crippen LogP contribution is 2.37. The van der Waals surface area contributed by atoms with E-state index in [-0.39, 0.29) is 17.4 Å². The number of aliphatic hydroxyl groups excluding tert-OH is 1. The fourth-order valence-electron chi connectivity index (χ4n) is 3.96. The van der Waals surface area contributed by atoms with E-state index in [0.717, 1.165) is 29.8 Å². The van der Waals surface area contributed by atoms with Gasteiger partial charge < -0.3 is 10.4 Å². The van der Waals surface area contributed by atoms with Crippen molar-refractivity contribution >= 4 is 15.9 Å². The third-order valence-corrected chi connectivity index (χ3v) is 7.68. The molecule has 180 valence electrons. The standard InChI is InChI=1S/C23H27F3N2O4S/c1-22(21(30)27-20(15-29)16-5-3-2-4-6-16)13-11-18(12-14-22)28-33(31,32)19-9-7-17(8-10-19)23(24,25)26/h2-10,18,20,28-29H,11-15H2,1H3,(H,27,30)/t18?,20-,22?/m1/s1. The number of alkyl halides is 3.